The van der Waals surface area contributed by atoms with Crippen molar-refractivity contribution in [1.29, 1.82) is 0 Å². The van der Waals surface area contributed by atoms with Crippen molar-refractivity contribution in [1.82, 2.24) is 9.80 Å². The second kappa shape index (κ2) is 9.82. The van der Waals surface area contributed by atoms with Crippen molar-refractivity contribution in [3.63, 3.8) is 0 Å². The van der Waals surface area contributed by atoms with E-state index in [1.807, 2.05) is 19.0 Å². The second-order valence-electron chi connectivity index (χ2n) is 7.77. The van der Waals surface area contributed by atoms with Crippen LogP contribution in [0.15, 0.2) is 48.0 Å². The van der Waals surface area contributed by atoms with Gasteiger partial charge in [0.05, 0.1) is 25.8 Å². The summed E-state index contributed by atoms with van der Waals surface area (Å²) in [4.78, 5) is 29.3. The van der Waals surface area contributed by atoms with Crippen molar-refractivity contribution >= 4 is 17.4 Å². The van der Waals surface area contributed by atoms with Crippen LogP contribution in [0, 0.1) is 5.82 Å². The van der Waals surface area contributed by atoms with E-state index in [1.165, 1.54) is 49.5 Å². The van der Waals surface area contributed by atoms with E-state index in [2.05, 4.69) is 0 Å². The number of benzene rings is 2. The fraction of sp³-hybridized carbons (Fsp3) is 0.333. The monoisotopic (exact) mass is 442 g/mol. The molecule has 8 heteroatoms. The molecule has 0 aromatic heterocycles. The zero-order chi connectivity index (χ0) is 23.4. The summed E-state index contributed by atoms with van der Waals surface area (Å²) in [5.41, 5.74) is 0.803. The summed E-state index contributed by atoms with van der Waals surface area (Å²) in [6.45, 7) is 1.03. The summed E-state index contributed by atoms with van der Waals surface area (Å²) in [6, 6.07) is 9.48. The number of rotatable bonds is 8. The van der Waals surface area contributed by atoms with Gasteiger partial charge in [0.1, 0.15) is 11.6 Å². The molecule has 1 fully saturated rings. The molecule has 170 valence electrons. The maximum absolute atomic E-state index is 13.6. The summed E-state index contributed by atoms with van der Waals surface area (Å²) in [5, 5.41) is 11.1. The summed E-state index contributed by atoms with van der Waals surface area (Å²) in [5.74, 6) is -1.40. The van der Waals surface area contributed by atoms with E-state index in [4.69, 9.17) is 9.47 Å². The topological polar surface area (TPSA) is 79.3 Å². The largest absolute Gasteiger partial charge is 0.507 e. The van der Waals surface area contributed by atoms with Gasteiger partial charge < -0.3 is 24.4 Å². The Bertz CT molecular complexity index is 1030. The first kappa shape index (κ1) is 23.3. The molecule has 1 aliphatic heterocycles. The fourth-order valence-electron chi connectivity index (χ4n) is 3.80. The van der Waals surface area contributed by atoms with Gasteiger partial charge in [-0.15, -0.1) is 0 Å². The predicted molar refractivity (Wildman–Crippen MR) is 118 cm³/mol. The number of amides is 1. The molecule has 0 bridgehead atoms. The van der Waals surface area contributed by atoms with Crippen LogP contribution in [0.2, 0.25) is 0 Å². The van der Waals surface area contributed by atoms with E-state index in [0.717, 1.165) is 6.54 Å². The molecule has 0 aliphatic carbocycles. The summed E-state index contributed by atoms with van der Waals surface area (Å²) >= 11 is 0. The van der Waals surface area contributed by atoms with E-state index in [9.17, 15) is 19.1 Å². The van der Waals surface area contributed by atoms with Gasteiger partial charge in [-0.25, -0.2) is 4.39 Å². The van der Waals surface area contributed by atoms with E-state index in [0.29, 0.717) is 35.6 Å². The van der Waals surface area contributed by atoms with Crippen LogP contribution in [-0.2, 0) is 9.59 Å². The number of carbonyl (C=O) groups excluding carboxylic acids is 2. The molecule has 32 heavy (non-hydrogen) atoms. The summed E-state index contributed by atoms with van der Waals surface area (Å²) in [6.07, 6.45) is 0.633. The lowest BCUT2D eigenvalue weighted by molar-refractivity contribution is -0.139. The smallest absolute Gasteiger partial charge is 0.295 e. The van der Waals surface area contributed by atoms with Gasteiger partial charge in [-0.2, -0.15) is 0 Å². The number of nitrogens with zero attached hydrogens (tertiary/aromatic N) is 2. The van der Waals surface area contributed by atoms with Gasteiger partial charge in [-0.05, 0) is 63.0 Å². The highest BCUT2D eigenvalue weighted by molar-refractivity contribution is 6.46. The third-order valence-electron chi connectivity index (χ3n) is 5.39. The Balaban J connectivity index is 2.11. The SMILES string of the molecule is COc1ccc(/C(O)=C2\C(=O)C(=O)N(CCCN(C)C)C2c2ccc(F)cc2)cc1OC. The van der Waals surface area contributed by atoms with E-state index >= 15 is 0 Å². The molecule has 1 aliphatic rings. The molecule has 1 atom stereocenters. The van der Waals surface area contributed by atoms with Gasteiger partial charge >= 0.3 is 0 Å². The van der Waals surface area contributed by atoms with Crippen molar-refractivity contribution in [2.24, 2.45) is 0 Å². The lowest BCUT2D eigenvalue weighted by atomic mass is 9.95. The first-order valence-electron chi connectivity index (χ1n) is 10.2. The highest BCUT2D eigenvalue weighted by atomic mass is 19.1. The Morgan fingerprint density at radius 2 is 1.72 bits per heavy atom. The van der Waals surface area contributed by atoms with E-state index < -0.39 is 23.5 Å². The zero-order valence-electron chi connectivity index (χ0n) is 18.6. The molecule has 1 amide bonds. The minimum atomic E-state index is -0.828. The number of carbonyl (C=O) groups is 2. The molecule has 1 unspecified atom stereocenters. The number of methoxy groups -OCH3 is 2. The normalized spacial score (nSPS) is 17.8. The first-order valence-corrected chi connectivity index (χ1v) is 10.2. The molecular weight excluding hydrogens is 415 g/mol. The minimum Gasteiger partial charge on any atom is -0.507 e. The lowest BCUT2D eigenvalue weighted by Gasteiger charge is -2.26. The molecule has 2 aromatic rings. The van der Waals surface area contributed by atoms with Gasteiger partial charge in [0.25, 0.3) is 11.7 Å². The van der Waals surface area contributed by atoms with Crippen LogP contribution in [0.3, 0.4) is 0 Å². The molecular formula is C24H27FN2O5. The third kappa shape index (κ3) is 4.60. The Kier molecular flexibility index (Phi) is 7.15. The van der Waals surface area contributed by atoms with Gasteiger partial charge in [-0.1, -0.05) is 12.1 Å². The van der Waals surface area contributed by atoms with Gasteiger partial charge in [-0.3, -0.25) is 9.59 Å². The molecule has 7 nitrogen and oxygen atoms in total. The Labute approximate surface area is 186 Å². The maximum Gasteiger partial charge on any atom is 0.295 e. The van der Waals surface area contributed by atoms with Crippen LogP contribution in [0.4, 0.5) is 4.39 Å². The fourth-order valence-corrected chi connectivity index (χ4v) is 3.80. The van der Waals surface area contributed by atoms with Crippen molar-refractivity contribution in [3.05, 3.63) is 65.0 Å². The average Bonchev–Trinajstić information content (AvgIpc) is 3.03. The van der Waals surface area contributed by atoms with Crippen molar-refractivity contribution in [3.8, 4) is 11.5 Å². The van der Waals surface area contributed by atoms with Crippen molar-refractivity contribution in [2.75, 3.05) is 41.4 Å². The minimum absolute atomic E-state index is 0.0429. The van der Waals surface area contributed by atoms with Gasteiger partial charge in [0.15, 0.2) is 11.5 Å². The Hall–Kier alpha value is -3.39. The van der Waals surface area contributed by atoms with E-state index in [-0.39, 0.29) is 11.3 Å². The molecule has 1 saturated heterocycles. The highest BCUT2D eigenvalue weighted by Gasteiger charge is 2.45. The number of Topliss-reactive ketones (excluding diaryl/α,β-unsaturated/α-hetero) is 1. The maximum atomic E-state index is 13.6. The molecule has 1 N–H and O–H groups in total. The lowest BCUT2D eigenvalue weighted by Crippen LogP contribution is -2.32. The van der Waals surface area contributed by atoms with Gasteiger partial charge in [0, 0.05) is 12.1 Å². The number of aliphatic hydroxyl groups excluding tert-OH is 1. The Morgan fingerprint density at radius 3 is 2.31 bits per heavy atom. The second-order valence-corrected chi connectivity index (χ2v) is 7.77. The van der Waals surface area contributed by atoms with E-state index in [1.54, 1.807) is 12.1 Å². The average molecular weight is 442 g/mol. The molecule has 0 radical (unpaired) electrons. The quantitative estimate of drug-likeness (QED) is 0.384. The highest BCUT2D eigenvalue weighted by Crippen LogP contribution is 2.40. The molecule has 0 spiro atoms. The van der Waals surface area contributed by atoms with Crippen LogP contribution < -0.4 is 9.47 Å². The molecule has 2 aromatic carbocycles. The number of hydrogen-bond acceptors (Lipinski definition) is 6. The predicted octanol–water partition coefficient (Wildman–Crippen LogP) is 3.22. The number of aliphatic hydroxyl groups is 1. The summed E-state index contributed by atoms with van der Waals surface area (Å²) < 4.78 is 24.1. The molecule has 3 rings (SSSR count). The van der Waals surface area contributed by atoms with Crippen LogP contribution >= 0.6 is 0 Å². The third-order valence-corrected chi connectivity index (χ3v) is 5.39. The van der Waals surface area contributed by atoms with Crippen LogP contribution in [-0.4, -0.2) is 68.0 Å². The number of likely N-dealkylation sites (tertiary alicyclic amines) is 1. The van der Waals surface area contributed by atoms with Crippen LogP contribution in [0.25, 0.3) is 5.76 Å². The number of ketones is 1. The Morgan fingerprint density at radius 1 is 1.06 bits per heavy atom. The number of ether oxygens (including phenoxy) is 2. The molecule has 0 saturated carbocycles. The standard InChI is InChI=1S/C24H27FN2O5/c1-26(2)12-5-13-27-21(15-6-9-17(25)10-7-15)20(23(29)24(27)30)22(28)16-8-11-18(31-3)19(14-16)32-4/h6-11,14,21,28H,5,12-13H2,1-4H3/b22-20+. The zero-order valence-corrected chi connectivity index (χ0v) is 18.6. The summed E-state index contributed by atoms with van der Waals surface area (Å²) in [7, 11) is 6.79. The molecule has 1 heterocycles. The number of halogens is 1. The van der Waals surface area contributed by atoms with Crippen LogP contribution in [0.1, 0.15) is 23.6 Å². The van der Waals surface area contributed by atoms with Crippen LogP contribution in [0.5, 0.6) is 11.5 Å². The van der Waals surface area contributed by atoms with Crippen molar-refractivity contribution < 1.29 is 28.6 Å². The number of hydrogen-bond donors (Lipinski definition) is 1. The van der Waals surface area contributed by atoms with Gasteiger partial charge in [0.2, 0.25) is 0 Å². The van der Waals surface area contributed by atoms with Crippen molar-refractivity contribution in [2.45, 2.75) is 12.5 Å². The first-order chi connectivity index (χ1) is 15.3.